The quantitative estimate of drug-likeness (QED) is 0.898. The number of anilines is 1. The Morgan fingerprint density at radius 2 is 1.92 bits per heavy atom. The molecule has 1 aromatic heterocycles. The van der Waals surface area contributed by atoms with Gasteiger partial charge in [-0.1, -0.05) is 17.6 Å². The van der Waals surface area contributed by atoms with E-state index in [9.17, 15) is 8.42 Å². The van der Waals surface area contributed by atoms with E-state index in [0.717, 1.165) is 42.0 Å². The molecule has 24 heavy (non-hydrogen) atoms. The first-order valence-corrected chi connectivity index (χ1v) is 9.68. The Morgan fingerprint density at radius 3 is 2.58 bits per heavy atom. The molecule has 1 saturated heterocycles. The number of aryl methyl sites for hydroxylation is 2. The van der Waals surface area contributed by atoms with E-state index in [-0.39, 0.29) is 0 Å². The normalized spacial score (nSPS) is 16.2. The van der Waals surface area contributed by atoms with Gasteiger partial charge in [0, 0.05) is 24.8 Å². The standard InChI is InChI=1S/C17H23N3O3S/c1-13-6-7-15(18-12-16-10-14(2)23-19-16)11-17(13)24(21,22)20-8-4-3-5-9-20/h6-7,10-11,18H,3-5,8-9,12H2,1-2H3. The van der Waals surface area contributed by atoms with Gasteiger partial charge in [0.25, 0.3) is 0 Å². The van der Waals surface area contributed by atoms with Crippen molar-refractivity contribution >= 4 is 15.7 Å². The Morgan fingerprint density at radius 1 is 1.17 bits per heavy atom. The summed E-state index contributed by atoms with van der Waals surface area (Å²) in [6.45, 7) is 5.38. The molecular weight excluding hydrogens is 326 g/mol. The summed E-state index contributed by atoms with van der Waals surface area (Å²) in [6.07, 6.45) is 2.97. The van der Waals surface area contributed by atoms with Crippen LogP contribution in [0.3, 0.4) is 0 Å². The van der Waals surface area contributed by atoms with Crippen LogP contribution in [0.5, 0.6) is 0 Å². The Labute approximate surface area is 142 Å². The van der Waals surface area contributed by atoms with Crippen molar-refractivity contribution in [1.29, 1.82) is 0 Å². The van der Waals surface area contributed by atoms with E-state index >= 15 is 0 Å². The number of sulfonamides is 1. The van der Waals surface area contributed by atoms with Gasteiger partial charge in [-0.2, -0.15) is 4.31 Å². The lowest BCUT2D eigenvalue weighted by Crippen LogP contribution is -2.36. The number of hydrogen-bond donors (Lipinski definition) is 1. The lowest BCUT2D eigenvalue weighted by Gasteiger charge is -2.26. The Bertz CT molecular complexity index is 808. The molecule has 2 aromatic rings. The van der Waals surface area contributed by atoms with Crippen LogP contribution in [0.25, 0.3) is 0 Å². The maximum atomic E-state index is 12.9. The van der Waals surface area contributed by atoms with E-state index in [1.807, 2.05) is 32.0 Å². The molecular formula is C17H23N3O3S. The molecule has 0 bridgehead atoms. The lowest BCUT2D eigenvalue weighted by atomic mass is 10.2. The molecule has 130 valence electrons. The zero-order valence-electron chi connectivity index (χ0n) is 14.1. The van der Waals surface area contributed by atoms with Gasteiger partial charge >= 0.3 is 0 Å². The molecule has 1 fully saturated rings. The first-order valence-electron chi connectivity index (χ1n) is 8.24. The van der Waals surface area contributed by atoms with Gasteiger partial charge in [-0.15, -0.1) is 0 Å². The summed E-state index contributed by atoms with van der Waals surface area (Å²) in [5.41, 5.74) is 2.31. The molecule has 7 heteroatoms. The number of rotatable bonds is 5. The first-order chi connectivity index (χ1) is 11.5. The van der Waals surface area contributed by atoms with Gasteiger partial charge in [0.1, 0.15) is 11.5 Å². The van der Waals surface area contributed by atoms with Gasteiger partial charge in [0.15, 0.2) is 0 Å². The average molecular weight is 349 g/mol. The minimum atomic E-state index is -3.43. The maximum absolute atomic E-state index is 12.9. The fourth-order valence-electron chi connectivity index (χ4n) is 2.93. The second kappa shape index (κ2) is 6.94. The fraction of sp³-hybridized carbons (Fsp3) is 0.471. The van der Waals surface area contributed by atoms with Crippen LogP contribution in [-0.4, -0.2) is 31.0 Å². The number of piperidine rings is 1. The molecule has 3 rings (SSSR count). The van der Waals surface area contributed by atoms with E-state index in [1.54, 1.807) is 10.4 Å². The SMILES string of the molecule is Cc1cc(CNc2ccc(C)c(S(=O)(=O)N3CCCCC3)c2)no1. The molecule has 0 aliphatic carbocycles. The van der Waals surface area contributed by atoms with Gasteiger partial charge < -0.3 is 9.84 Å². The van der Waals surface area contributed by atoms with E-state index in [1.165, 1.54) is 0 Å². The number of nitrogens with zero attached hydrogens (tertiary/aromatic N) is 2. The van der Waals surface area contributed by atoms with Gasteiger partial charge in [-0.05, 0) is 44.4 Å². The highest BCUT2D eigenvalue weighted by Gasteiger charge is 2.27. The topological polar surface area (TPSA) is 75.4 Å². The van der Waals surface area contributed by atoms with Gasteiger partial charge in [0.05, 0.1) is 11.4 Å². The Balaban J connectivity index is 1.80. The predicted octanol–water partition coefficient (Wildman–Crippen LogP) is 3.08. The molecule has 6 nitrogen and oxygen atoms in total. The van der Waals surface area contributed by atoms with Crippen molar-refractivity contribution in [2.75, 3.05) is 18.4 Å². The minimum Gasteiger partial charge on any atom is -0.379 e. The van der Waals surface area contributed by atoms with Gasteiger partial charge in [-0.25, -0.2) is 8.42 Å². The summed E-state index contributed by atoms with van der Waals surface area (Å²) in [5, 5.41) is 7.14. The van der Waals surface area contributed by atoms with Crippen LogP contribution in [0.15, 0.2) is 33.7 Å². The predicted molar refractivity (Wildman–Crippen MR) is 92.4 cm³/mol. The highest BCUT2D eigenvalue weighted by molar-refractivity contribution is 7.89. The van der Waals surface area contributed by atoms with Crippen LogP contribution in [-0.2, 0) is 16.6 Å². The summed E-state index contributed by atoms with van der Waals surface area (Å²) in [4.78, 5) is 0.380. The van der Waals surface area contributed by atoms with Crippen molar-refractivity contribution in [3.63, 3.8) is 0 Å². The first kappa shape index (κ1) is 17.0. The van der Waals surface area contributed by atoms with Crippen LogP contribution in [0, 0.1) is 13.8 Å². The molecule has 0 spiro atoms. The van der Waals surface area contributed by atoms with Crippen molar-refractivity contribution in [2.45, 2.75) is 44.6 Å². The van der Waals surface area contributed by atoms with Crippen molar-refractivity contribution in [1.82, 2.24) is 9.46 Å². The minimum absolute atomic E-state index is 0.380. The molecule has 2 heterocycles. The van der Waals surface area contributed by atoms with E-state index in [4.69, 9.17) is 4.52 Å². The summed E-state index contributed by atoms with van der Waals surface area (Å²) in [6, 6.07) is 7.30. The lowest BCUT2D eigenvalue weighted by molar-refractivity contribution is 0.346. The third-order valence-electron chi connectivity index (χ3n) is 4.27. The summed E-state index contributed by atoms with van der Waals surface area (Å²) >= 11 is 0. The van der Waals surface area contributed by atoms with Gasteiger partial charge in [0.2, 0.25) is 10.0 Å². The molecule has 0 amide bonds. The van der Waals surface area contributed by atoms with Gasteiger partial charge in [-0.3, -0.25) is 0 Å². The molecule has 1 aliphatic rings. The van der Waals surface area contributed by atoms with Crippen LogP contribution < -0.4 is 5.32 Å². The average Bonchev–Trinajstić information content (AvgIpc) is 3.00. The molecule has 0 saturated carbocycles. The third kappa shape index (κ3) is 3.62. The number of benzene rings is 1. The van der Waals surface area contributed by atoms with E-state index in [2.05, 4.69) is 10.5 Å². The zero-order valence-corrected chi connectivity index (χ0v) is 14.9. The summed E-state index contributed by atoms with van der Waals surface area (Å²) in [7, 11) is -3.43. The zero-order chi connectivity index (χ0) is 17.2. The Hall–Kier alpha value is -1.86. The largest absolute Gasteiger partial charge is 0.379 e. The monoisotopic (exact) mass is 349 g/mol. The van der Waals surface area contributed by atoms with E-state index in [0.29, 0.717) is 24.5 Å². The van der Waals surface area contributed by atoms with E-state index < -0.39 is 10.0 Å². The van der Waals surface area contributed by atoms with Crippen LogP contribution in [0.4, 0.5) is 5.69 Å². The molecule has 1 aromatic carbocycles. The molecule has 0 radical (unpaired) electrons. The highest BCUT2D eigenvalue weighted by atomic mass is 32.2. The van der Waals surface area contributed by atoms with Crippen molar-refractivity contribution in [2.24, 2.45) is 0 Å². The molecule has 1 aliphatic heterocycles. The second-order valence-electron chi connectivity index (χ2n) is 6.23. The molecule has 0 atom stereocenters. The summed E-state index contributed by atoms with van der Waals surface area (Å²) < 4.78 is 32.5. The third-order valence-corrected chi connectivity index (χ3v) is 6.31. The highest BCUT2D eigenvalue weighted by Crippen LogP contribution is 2.26. The second-order valence-corrected chi connectivity index (χ2v) is 8.13. The van der Waals surface area contributed by atoms with Crippen LogP contribution >= 0.6 is 0 Å². The number of nitrogens with one attached hydrogen (secondary N) is 1. The maximum Gasteiger partial charge on any atom is 0.243 e. The fourth-order valence-corrected chi connectivity index (χ4v) is 4.69. The molecule has 0 unspecified atom stereocenters. The van der Waals surface area contributed by atoms with Crippen molar-refractivity contribution < 1.29 is 12.9 Å². The van der Waals surface area contributed by atoms with Crippen molar-refractivity contribution in [3.8, 4) is 0 Å². The smallest absolute Gasteiger partial charge is 0.243 e. The number of aromatic nitrogens is 1. The van der Waals surface area contributed by atoms with Crippen molar-refractivity contribution in [3.05, 3.63) is 41.3 Å². The summed E-state index contributed by atoms with van der Waals surface area (Å²) in [5.74, 6) is 0.754. The number of hydrogen-bond acceptors (Lipinski definition) is 5. The molecule has 1 N–H and O–H groups in total. The Kier molecular flexibility index (Phi) is 4.91. The van der Waals surface area contributed by atoms with Crippen LogP contribution in [0.1, 0.15) is 36.3 Å². The van der Waals surface area contributed by atoms with Crippen LogP contribution in [0.2, 0.25) is 0 Å².